The van der Waals surface area contributed by atoms with Crippen molar-refractivity contribution in [1.29, 1.82) is 0 Å². The number of pyridine rings is 1. The van der Waals surface area contributed by atoms with Crippen molar-refractivity contribution >= 4 is 6.29 Å². The summed E-state index contributed by atoms with van der Waals surface area (Å²) in [5, 5.41) is 0. The number of nitrogens with zero attached hydrogens (tertiary/aromatic N) is 1. The molecule has 0 spiro atoms. The average molecular weight is 191 g/mol. The summed E-state index contributed by atoms with van der Waals surface area (Å²) < 4.78 is 5.04. The number of aromatic nitrogens is 1. The molecule has 1 heterocycles. The summed E-state index contributed by atoms with van der Waals surface area (Å²) in [5.41, 5.74) is 0.779. The molecule has 0 N–H and O–H groups in total. The van der Waals surface area contributed by atoms with Gasteiger partial charge in [-0.25, -0.2) is 4.98 Å². The van der Waals surface area contributed by atoms with Crippen LogP contribution >= 0.6 is 0 Å². The molecular formula is C11H13NO2. The third-order valence-corrected chi connectivity index (χ3v) is 2.99. The van der Waals surface area contributed by atoms with Crippen LogP contribution in [0.15, 0.2) is 18.3 Å². The Morgan fingerprint density at radius 1 is 1.57 bits per heavy atom. The molecule has 1 fully saturated rings. The van der Waals surface area contributed by atoms with E-state index in [4.69, 9.17) is 4.74 Å². The van der Waals surface area contributed by atoms with Gasteiger partial charge in [-0.05, 0) is 24.5 Å². The van der Waals surface area contributed by atoms with E-state index in [9.17, 15) is 4.79 Å². The summed E-state index contributed by atoms with van der Waals surface area (Å²) in [6, 6.07) is 3.75. The van der Waals surface area contributed by atoms with Crippen molar-refractivity contribution in [3.63, 3.8) is 0 Å². The van der Waals surface area contributed by atoms with Crippen LogP contribution in [0.5, 0.6) is 5.88 Å². The van der Waals surface area contributed by atoms with E-state index in [-0.39, 0.29) is 5.41 Å². The van der Waals surface area contributed by atoms with Crippen molar-refractivity contribution in [2.75, 3.05) is 7.11 Å². The minimum atomic E-state index is -0.254. The predicted molar refractivity (Wildman–Crippen MR) is 52.4 cm³/mol. The van der Waals surface area contributed by atoms with Gasteiger partial charge in [-0.3, -0.25) is 0 Å². The quantitative estimate of drug-likeness (QED) is 0.683. The largest absolute Gasteiger partial charge is 0.481 e. The number of methoxy groups -OCH3 is 1. The molecule has 0 bridgehead atoms. The molecule has 1 saturated carbocycles. The lowest BCUT2D eigenvalue weighted by Crippen LogP contribution is -2.35. The van der Waals surface area contributed by atoms with Gasteiger partial charge in [0.05, 0.1) is 12.5 Å². The third kappa shape index (κ3) is 1.29. The molecule has 0 aromatic carbocycles. The lowest BCUT2D eigenvalue weighted by molar-refractivity contribution is -0.115. The highest BCUT2D eigenvalue weighted by Crippen LogP contribution is 2.42. The van der Waals surface area contributed by atoms with Crippen LogP contribution in [0.1, 0.15) is 24.8 Å². The molecule has 1 aromatic rings. The van der Waals surface area contributed by atoms with E-state index >= 15 is 0 Å². The van der Waals surface area contributed by atoms with E-state index in [1.165, 1.54) is 0 Å². The zero-order valence-corrected chi connectivity index (χ0v) is 8.19. The average Bonchev–Trinajstić information content (AvgIpc) is 2.18. The van der Waals surface area contributed by atoms with Crippen LogP contribution in [0.3, 0.4) is 0 Å². The van der Waals surface area contributed by atoms with Crippen molar-refractivity contribution in [3.8, 4) is 5.88 Å². The second kappa shape index (κ2) is 3.40. The van der Waals surface area contributed by atoms with E-state index in [1.807, 2.05) is 12.1 Å². The Balaban J connectivity index is 2.35. The minimum Gasteiger partial charge on any atom is -0.481 e. The molecule has 0 atom stereocenters. The number of hydrogen-bond acceptors (Lipinski definition) is 3. The number of carbonyl (C=O) groups is 1. The van der Waals surface area contributed by atoms with Crippen molar-refractivity contribution in [1.82, 2.24) is 4.98 Å². The fourth-order valence-corrected chi connectivity index (χ4v) is 1.86. The van der Waals surface area contributed by atoms with Gasteiger partial charge >= 0.3 is 0 Å². The number of ether oxygens (including phenoxy) is 1. The smallest absolute Gasteiger partial charge is 0.213 e. The summed E-state index contributed by atoms with van der Waals surface area (Å²) in [6.45, 7) is 0. The lowest BCUT2D eigenvalue weighted by atomic mass is 9.66. The highest BCUT2D eigenvalue weighted by Gasteiger charge is 2.38. The van der Waals surface area contributed by atoms with Crippen LogP contribution < -0.4 is 4.74 Å². The van der Waals surface area contributed by atoms with Crippen LogP contribution in [0.4, 0.5) is 0 Å². The van der Waals surface area contributed by atoms with Gasteiger partial charge in [-0.2, -0.15) is 0 Å². The highest BCUT2D eigenvalue weighted by molar-refractivity contribution is 5.70. The lowest BCUT2D eigenvalue weighted by Gasteiger charge is -2.37. The van der Waals surface area contributed by atoms with E-state index in [0.29, 0.717) is 5.88 Å². The molecule has 3 heteroatoms. The Morgan fingerprint density at radius 3 is 2.86 bits per heavy atom. The summed E-state index contributed by atoms with van der Waals surface area (Å²) in [5.74, 6) is 0.579. The Morgan fingerprint density at radius 2 is 2.36 bits per heavy atom. The molecule has 2 rings (SSSR count). The molecule has 14 heavy (non-hydrogen) atoms. The van der Waals surface area contributed by atoms with Gasteiger partial charge in [0, 0.05) is 12.3 Å². The number of rotatable bonds is 3. The first kappa shape index (κ1) is 9.19. The molecular weight excluding hydrogens is 178 g/mol. The van der Waals surface area contributed by atoms with Crippen LogP contribution in [-0.4, -0.2) is 18.4 Å². The number of carbonyl (C=O) groups excluding carboxylic acids is 1. The fraction of sp³-hybridized carbons (Fsp3) is 0.455. The highest BCUT2D eigenvalue weighted by atomic mass is 16.5. The zero-order valence-electron chi connectivity index (χ0n) is 8.19. The summed E-state index contributed by atoms with van der Waals surface area (Å²) in [4.78, 5) is 15.1. The topological polar surface area (TPSA) is 39.2 Å². The van der Waals surface area contributed by atoms with Gasteiger partial charge in [0.2, 0.25) is 5.88 Å². The molecule has 0 radical (unpaired) electrons. The van der Waals surface area contributed by atoms with Gasteiger partial charge in [0.15, 0.2) is 0 Å². The molecule has 3 nitrogen and oxygen atoms in total. The zero-order chi connectivity index (χ0) is 10.0. The molecule has 0 aliphatic heterocycles. The second-order valence-corrected chi connectivity index (χ2v) is 3.71. The first-order chi connectivity index (χ1) is 6.80. The van der Waals surface area contributed by atoms with Crippen LogP contribution in [0, 0.1) is 0 Å². The predicted octanol–water partition coefficient (Wildman–Crippen LogP) is 1.71. The Bertz CT molecular complexity index is 345. The Hall–Kier alpha value is -1.38. The first-order valence-corrected chi connectivity index (χ1v) is 4.78. The van der Waals surface area contributed by atoms with Crippen LogP contribution in [0.25, 0.3) is 0 Å². The van der Waals surface area contributed by atoms with Gasteiger partial charge < -0.3 is 9.53 Å². The minimum absolute atomic E-state index is 0.254. The van der Waals surface area contributed by atoms with Crippen LogP contribution in [-0.2, 0) is 10.2 Å². The van der Waals surface area contributed by atoms with E-state index < -0.39 is 0 Å². The molecule has 1 aliphatic carbocycles. The van der Waals surface area contributed by atoms with Crippen LogP contribution in [0.2, 0.25) is 0 Å². The maximum atomic E-state index is 11.0. The van der Waals surface area contributed by atoms with E-state index in [2.05, 4.69) is 4.98 Å². The Labute approximate surface area is 83.1 Å². The maximum Gasteiger partial charge on any atom is 0.213 e. The van der Waals surface area contributed by atoms with E-state index in [1.54, 1.807) is 13.3 Å². The first-order valence-electron chi connectivity index (χ1n) is 4.78. The van der Waals surface area contributed by atoms with Gasteiger partial charge in [0.1, 0.15) is 6.29 Å². The second-order valence-electron chi connectivity index (χ2n) is 3.71. The molecule has 0 unspecified atom stereocenters. The van der Waals surface area contributed by atoms with Crippen molar-refractivity contribution in [2.24, 2.45) is 0 Å². The molecule has 1 aliphatic rings. The maximum absolute atomic E-state index is 11.0. The third-order valence-electron chi connectivity index (χ3n) is 2.99. The number of hydrogen-bond donors (Lipinski definition) is 0. The SMILES string of the molecule is COc1cc(C2(C=O)CCC2)ccn1. The van der Waals surface area contributed by atoms with Gasteiger partial charge in [-0.1, -0.05) is 6.42 Å². The summed E-state index contributed by atoms with van der Waals surface area (Å²) in [6.07, 6.45) is 5.78. The molecule has 0 saturated heterocycles. The Kier molecular flexibility index (Phi) is 2.23. The molecule has 0 amide bonds. The summed E-state index contributed by atoms with van der Waals surface area (Å²) in [7, 11) is 1.58. The van der Waals surface area contributed by atoms with Crippen molar-refractivity contribution in [3.05, 3.63) is 23.9 Å². The van der Waals surface area contributed by atoms with Crippen molar-refractivity contribution in [2.45, 2.75) is 24.7 Å². The standard InChI is InChI=1S/C11H13NO2/c1-14-10-7-9(3-6-12-10)11(8-13)4-2-5-11/h3,6-8H,2,4-5H2,1H3. The van der Waals surface area contributed by atoms with Gasteiger partial charge in [-0.15, -0.1) is 0 Å². The molecule has 74 valence electrons. The molecule has 1 aromatic heterocycles. The normalized spacial score (nSPS) is 18.4. The fourth-order valence-electron chi connectivity index (χ4n) is 1.86. The number of aldehydes is 1. The van der Waals surface area contributed by atoms with Gasteiger partial charge in [0.25, 0.3) is 0 Å². The summed E-state index contributed by atoms with van der Waals surface area (Å²) >= 11 is 0. The van der Waals surface area contributed by atoms with Crippen molar-refractivity contribution < 1.29 is 9.53 Å². The monoisotopic (exact) mass is 191 g/mol. The van der Waals surface area contributed by atoms with E-state index in [0.717, 1.165) is 31.1 Å².